The van der Waals surface area contributed by atoms with E-state index in [2.05, 4.69) is 21.6 Å². The Morgan fingerprint density at radius 2 is 2.05 bits per heavy atom. The normalized spacial score (nSPS) is 23.9. The predicted molar refractivity (Wildman–Crippen MR) is 149 cm³/mol. The number of nitrogens with two attached hydrogens (primary N) is 1. The number of carbonyl (C=O) groups excluding carboxylic acids is 1. The third-order valence-electron chi connectivity index (χ3n) is 6.55. The number of ether oxygens (including phenoxy) is 2. The second kappa shape index (κ2) is 12.8. The molecule has 1 aromatic carbocycles. The molecule has 4 rings (SSSR count). The fraction of sp³-hybridized carbons (Fsp3) is 0.400. The van der Waals surface area contributed by atoms with Gasteiger partial charge in [-0.1, -0.05) is 29.8 Å². The van der Waals surface area contributed by atoms with Gasteiger partial charge in [-0.3, -0.25) is 9.32 Å². The summed E-state index contributed by atoms with van der Waals surface area (Å²) in [6, 6.07) is 6.28. The minimum absolute atomic E-state index is 0.0294. The molecule has 238 valence electrons. The van der Waals surface area contributed by atoms with Crippen molar-refractivity contribution in [3.63, 3.8) is 0 Å². The zero-order valence-corrected chi connectivity index (χ0v) is 24.5. The van der Waals surface area contributed by atoms with E-state index in [0.29, 0.717) is 0 Å². The fourth-order valence-corrected chi connectivity index (χ4v) is 5.78. The summed E-state index contributed by atoms with van der Waals surface area (Å²) in [7, 11) is -3.18. The van der Waals surface area contributed by atoms with Crippen molar-refractivity contribution >= 4 is 25.5 Å². The van der Waals surface area contributed by atoms with E-state index in [0.717, 1.165) is 9.47 Å². The SMILES string of the molecule is C=C1N=C(N)C=CN1[C@@H]1O[C@H](COP(=O)(N[C@@H](C)C(=O)OC(C)c2cnc([N+](=O)[O-])n2C)Oc2ccccc2)C(O)C1(F)F. The number of rotatable bonds is 12. The average molecular weight is 642 g/mol. The van der Waals surface area contributed by atoms with Gasteiger partial charge in [-0.25, -0.2) is 14.1 Å². The lowest BCUT2D eigenvalue weighted by Crippen LogP contribution is -2.47. The molecule has 1 aromatic heterocycles. The van der Waals surface area contributed by atoms with Crippen LogP contribution in [0.3, 0.4) is 0 Å². The molecule has 0 spiro atoms. The lowest BCUT2D eigenvalue weighted by atomic mass is 10.1. The van der Waals surface area contributed by atoms with Gasteiger partial charge in [-0.15, -0.1) is 0 Å². The number of imidazole rings is 1. The number of amidine groups is 1. The molecule has 19 heteroatoms. The van der Waals surface area contributed by atoms with E-state index in [9.17, 15) is 24.6 Å². The number of hydrogen-bond acceptors (Lipinski definition) is 13. The molecule has 4 N–H and O–H groups in total. The van der Waals surface area contributed by atoms with Crippen molar-refractivity contribution in [2.75, 3.05) is 6.61 Å². The minimum atomic E-state index is -4.56. The number of aliphatic imine (C=N–C) groups is 1. The summed E-state index contributed by atoms with van der Waals surface area (Å²) in [5.41, 5.74) is 5.78. The lowest BCUT2D eigenvalue weighted by molar-refractivity contribution is -0.396. The van der Waals surface area contributed by atoms with Gasteiger partial charge in [-0.2, -0.15) is 13.9 Å². The molecule has 3 unspecified atom stereocenters. The van der Waals surface area contributed by atoms with E-state index < -0.39 is 67.7 Å². The Hall–Kier alpha value is -4.22. The van der Waals surface area contributed by atoms with Crippen LogP contribution in [0.2, 0.25) is 0 Å². The second-order valence-electron chi connectivity index (χ2n) is 9.75. The molecule has 44 heavy (non-hydrogen) atoms. The smallest absolute Gasteiger partial charge is 0.453 e. The third-order valence-corrected chi connectivity index (χ3v) is 8.19. The van der Waals surface area contributed by atoms with E-state index in [1.807, 2.05) is 0 Å². The van der Waals surface area contributed by atoms with E-state index in [1.165, 1.54) is 51.5 Å². The zero-order chi connectivity index (χ0) is 32.4. The standard InChI is InChI=1S/C25H30F2N7O9P/c1-14(22(36)41-15(2)18-12-29-24(32(18)4)34(37)38)31-44(39,43-17-8-6-5-7-9-17)40-13-19-21(35)25(26,27)23(42-19)33-11-10-20(28)30-16(33)3/h5-12,14-15,19,21,23,35H,3,13H2,1-2,4H3,(H2,28,30)(H,31,39)/t14-,15?,19+,21?,23+,44?/m0/s1. The van der Waals surface area contributed by atoms with Gasteiger partial charge in [0.2, 0.25) is 6.23 Å². The fourth-order valence-electron chi connectivity index (χ4n) is 4.27. The van der Waals surface area contributed by atoms with Crippen molar-refractivity contribution in [3.05, 3.63) is 77.0 Å². The van der Waals surface area contributed by atoms with Crippen molar-refractivity contribution < 1.29 is 46.7 Å². The Bertz CT molecular complexity index is 1520. The molecule has 16 nitrogen and oxygen atoms in total. The molecule has 6 atom stereocenters. The Balaban J connectivity index is 1.47. The van der Waals surface area contributed by atoms with E-state index in [4.69, 9.17) is 24.3 Å². The van der Waals surface area contributed by atoms with Gasteiger partial charge in [0.15, 0.2) is 17.9 Å². The number of nitrogens with one attached hydrogen (secondary N) is 1. The summed E-state index contributed by atoms with van der Waals surface area (Å²) in [6.45, 7) is 5.43. The van der Waals surface area contributed by atoms with Crippen LogP contribution in [0.4, 0.5) is 14.7 Å². The van der Waals surface area contributed by atoms with Crippen LogP contribution >= 0.6 is 7.75 Å². The van der Waals surface area contributed by atoms with Crippen LogP contribution in [0.5, 0.6) is 5.75 Å². The molecule has 0 radical (unpaired) electrons. The topological polar surface area (TPSA) is 206 Å². The minimum Gasteiger partial charge on any atom is -0.453 e. The molecular weight excluding hydrogens is 611 g/mol. The number of aromatic nitrogens is 2. The number of nitro groups is 1. The van der Waals surface area contributed by atoms with Crippen molar-refractivity contribution in [2.45, 2.75) is 50.4 Å². The monoisotopic (exact) mass is 641 g/mol. The van der Waals surface area contributed by atoms with Crippen LogP contribution in [-0.2, 0) is 30.4 Å². The van der Waals surface area contributed by atoms with E-state index in [-0.39, 0.29) is 23.1 Å². The number of hydrogen-bond donors (Lipinski definition) is 3. The zero-order valence-electron chi connectivity index (χ0n) is 23.6. The number of aliphatic hydroxyl groups is 1. The molecule has 2 aromatic rings. The average Bonchev–Trinajstić information content (AvgIpc) is 3.44. The Kier molecular flexibility index (Phi) is 9.50. The Morgan fingerprint density at radius 1 is 1.36 bits per heavy atom. The molecule has 0 amide bonds. The molecule has 2 aliphatic heterocycles. The molecule has 2 aliphatic rings. The first kappa shape index (κ1) is 32.7. The van der Waals surface area contributed by atoms with Crippen LogP contribution in [0.15, 0.2) is 66.2 Å². The number of nitrogens with zero attached hydrogens (tertiary/aromatic N) is 5. The van der Waals surface area contributed by atoms with Crippen molar-refractivity contribution in [3.8, 4) is 5.75 Å². The molecule has 0 aliphatic carbocycles. The highest BCUT2D eigenvalue weighted by Gasteiger charge is 2.61. The van der Waals surface area contributed by atoms with Gasteiger partial charge in [0.1, 0.15) is 35.7 Å². The number of halogens is 2. The van der Waals surface area contributed by atoms with Crippen LogP contribution in [0, 0.1) is 10.1 Å². The van der Waals surface area contributed by atoms with Crippen LogP contribution < -0.4 is 15.3 Å². The predicted octanol–water partition coefficient (Wildman–Crippen LogP) is 2.49. The first-order valence-electron chi connectivity index (χ1n) is 13.0. The molecule has 1 fully saturated rings. The molecule has 1 saturated heterocycles. The Labute approximate surface area is 249 Å². The highest BCUT2D eigenvalue weighted by atomic mass is 31.2. The molecule has 0 saturated carbocycles. The summed E-state index contributed by atoms with van der Waals surface area (Å²) >= 11 is 0. The van der Waals surface area contributed by atoms with Gasteiger partial charge in [0, 0.05) is 6.20 Å². The van der Waals surface area contributed by atoms with Crippen LogP contribution in [-0.4, -0.2) is 73.3 Å². The summed E-state index contributed by atoms with van der Waals surface area (Å²) < 4.78 is 66.8. The second-order valence-corrected chi connectivity index (χ2v) is 11.4. The lowest BCUT2D eigenvalue weighted by Gasteiger charge is -2.31. The maximum atomic E-state index is 15.1. The first-order chi connectivity index (χ1) is 20.6. The number of carbonyl (C=O) groups is 1. The van der Waals surface area contributed by atoms with Crippen LogP contribution in [0.25, 0.3) is 0 Å². The highest BCUT2D eigenvalue weighted by molar-refractivity contribution is 7.52. The molecule has 3 heterocycles. The van der Waals surface area contributed by atoms with Gasteiger partial charge < -0.3 is 39.9 Å². The number of esters is 1. The number of para-hydroxylation sites is 1. The summed E-state index contributed by atoms with van der Waals surface area (Å²) in [4.78, 5) is 31.7. The molecule has 0 bridgehead atoms. The van der Waals surface area contributed by atoms with Gasteiger partial charge >= 0.3 is 25.6 Å². The van der Waals surface area contributed by atoms with Gasteiger partial charge in [0.05, 0.1) is 13.7 Å². The number of aliphatic hydroxyl groups excluding tert-OH is 1. The number of alkyl halides is 2. The maximum Gasteiger partial charge on any atom is 0.459 e. The van der Waals surface area contributed by atoms with Crippen molar-refractivity contribution in [1.29, 1.82) is 0 Å². The van der Waals surface area contributed by atoms with Crippen LogP contribution in [0.1, 0.15) is 25.6 Å². The third kappa shape index (κ3) is 6.95. The first-order valence-corrected chi connectivity index (χ1v) is 14.5. The summed E-state index contributed by atoms with van der Waals surface area (Å²) in [5, 5.41) is 23.9. The van der Waals surface area contributed by atoms with Crippen molar-refractivity contribution in [1.82, 2.24) is 19.5 Å². The molecular formula is C25H30F2N7O9P. The van der Waals surface area contributed by atoms with E-state index in [1.54, 1.807) is 18.2 Å². The van der Waals surface area contributed by atoms with Gasteiger partial charge in [0.25, 0.3) is 0 Å². The number of benzene rings is 1. The quantitative estimate of drug-likeness (QED) is 0.132. The largest absolute Gasteiger partial charge is 0.459 e. The maximum absolute atomic E-state index is 15.1. The van der Waals surface area contributed by atoms with Gasteiger partial charge in [-0.05, 0) is 37.0 Å². The summed E-state index contributed by atoms with van der Waals surface area (Å²) in [6.07, 6.45) is -3.59. The van der Waals surface area contributed by atoms with Crippen molar-refractivity contribution in [2.24, 2.45) is 17.8 Å². The summed E-state index contributed by atoms with van der Waals surface area (Å²) in [5.74, 6) is -5.37. The highest BCUT2D eigenvalue weighted by Crippen LogP contribution is 2.47. The van der Waals surface area contributed by atoms with E-state index >= 15 is 8.78 Å². The Morgan fingerprint density at radius 3 is 2.66 bits per heavy atom.